The van der Waals surface area contributed by atoms with Crippen molar-refractivity contribution in [2.75, 3.05) is 6.54 Å². The van der Waals surface area contributed by atoms with Gasteiger partial charge in [0.2, 0.25) is 0 Å². The highest BCUT2D eigenvalue weighted by atomic mass is 35.5. The van der Waals surface area contributed by atoms with Crippen LogP contribution in [0.1, 0.15) is 38.3 Å². The SMILES string of the molecule is CC#CCC(NCCC)c1cccc(Cl)c1Cl. The molecule has 1 aromatic rings. The molecule has 17 heavy (non-hydrogen) atoms. The molecule has 1 atom stereocenters. The molecule has 0 saturated heterocycles. The van der Waals surface area contributed by atoms with Gasteiger partial charge in [-0.3, -0.25) is 0 Å². The van der Waals surface area contributed by atoms with Crippen LogP contribution in [0.15, 0.2) is 18.2 Å². The second-order valence-corrected chi connectivity index (χ2v) is 4.57. The molecule has 0 aliphatic heterocycles. The number of hydrogen-bond donors (Lipinski definition) is 1. The Morgan fingerprint density at radius 3 is 2.76 bits per heavy atom. The lowest BCUT2D eigenvalue weighted by molar-refractivity contribution is 0.542. The topological polar surface area (TPSA) is 12.0 Å². The summed E-state index contributed by atoms with van der Waals surface area (Å²) in [4.78, 5) is 0. The van der Waals surface area contributed by atoms with Crippen LogP contribution in [0, 0.1) is 11.8 Å². The van der Waals surface area contributed by atoms with Crippen LogP contribution in [-0.2, 0) is 0 Å². The van der Waals surface area contributed by atoms with Crippen molar-refractivity contribution >= 4 is 23.2 Å². The Kier molecular flexibility index (Phi) is 6.44. The van der Waals surface area contributed by atoms with Crippen molar-refractivity contribution in [1.82, 2.24) is 5.32 Å². The summed E-state index contributed by atoms with van der Waals surface area (Å²) in [5.74, 6) is 6.00. The third-order valence-corrected chi connectivity index (χ3v) is 3.31. The third-order valence-electron chi connectivity index (χ3n) is 2.48. The van der Waals surface area contributed by atoms with E-state index < -0.39 is 0 Å². The zero-order valence-corrected chi connectivity index (χ0v) is 11.7. The normalized spacial score (nSPS) is 11.8. The lowest BCUT2D eigenvalue weighted by Gasteiger charge is -2.18. The van der Waals surface area contributed by atoms with E-state index in [1.54, 1.807) is 6.07 Å². The highest BCUT2D eigenvalue weighted by Gasteiger charge is 2.14. The van der Waals surface area contributed by atoms with Crippen LogP contribution in [0.25, 0.3) is 0 Å². The van der Waals surface area contributed by atoms with E-state index in [-0.39, 0.29) is 6.04 Å². The van der Waals surface area contributed by atoms with Crippen LogP contribution in [0.5, 0.6) is 0 Å². The van der Waals surface area contributed by atoms with Crippen molar-refractivity contribution in [2.24, 2.45) is 0 Å². The largest absolute Gasteiger partial charge is 0.309 e. The lowest BCUT2D eigenvalue weighted by Crippen LogP contribution is -2.22. The zero-order chi connectivity index (χ0) is 12.7. The highest BCUT2D eigenvalue weighted by molar-refractivity contribution is 6.42. The molecule has 1 rings (SSSR count). The fourth-order valence-electron chi connectivity index (χ4n) is 1.60. The number of benzene rings is 1. The summed E-state index contributed by atoms with van der Waals surface area (Å²) in [7, 11) is 0. The molecule has 1 unspecified atom stereocenters. The molecule has 0 spiro atoms. The molecular weight excluding hydrogens is 253 g/mol. The lowest BCUT2D eigenvalue weighted by atomic mass is 10.0. The van der Waals surface area contributed by atoms with Gasteiger partial charge >= 0.3 is 0 Å². The molecule has 0 fully saturated rings. The van der Waals surface area contributed by atoms with E-state index in [0.29, 0.717) is 10.0 Å². The maximum atomic E-state index is 6.23. The van der Waals surface area contributed by atoms with Gasteiger partial charge in [0.05, 0.1) is 10.0 Å². The summed E-state index contributed by atoms with van der Waals surface area (Å²) >= 11 is 12.3. The van der Waals surface area contributed by atoms with Gasteiger partial charge in [-0.05, 0) is 31.5 Å². The maximum Gasteiger partial charge on any atom is 0.0640 e. The molecule has 0 radical (unpaired) electrons. The van der Waals surface area contributed by atoms with Crippen LogP contribution in [0.4, 0.5) is 0 Å². The van der Waals surface area contributed by atoms with Crippen LogP contribution in [0.2, 0.25) is 10.0 Å². The number of halogens is 2. The van der Waals surface area contributed by atoms with E-state index in [2.05, 4.69) is 24.1 Å². The Morgan fingerprint density at radius 2 is 2.12 bits per heavy atom. The minimum atomic E-state index is 0.147. The summed E-state index contributed by atoms with van der Waals surface area (Å²) in [6.07, 6.45) is 1.82. The Labute approximate surface area is 114 Å². The van der Waals surface area contributed by atoms with Crippen LogP contribution in [0.3, 0.4) is 0 Å². The van der Waals surface area contributed by atoms with E-state index in [4.69, 9.17) is 23.2 Å². The minimum absolute atomic E-state index is 0.147. The van der Waals surface area contributed by atoms with Crippen molar-refractivity contribution < 1.29 is 0 Å². The summed E-state index contributed by atoms with van der Waals surface area (Å²) in [5, 5.41) is 4.66. The van der Waals surface area contributed by atoms with Gasteiger partial charge in [-0.15, -0.1) is 11.8 Å². The molecule has 0 aliphatic rings. The van der Waals surface area contributed by atoms with E-state index in [1.165, 1.54) is 0 Å². The summed E-state index contributed by atoms with van der Waals surface area (Å²) in [5.41, 5.74) is 1.02. The Balaban J connectivity index is 2.93. The summed E-state index contributed by atoms with van der Waals surface area (Å²) in [6, 6.07) is 5.87. The Hall–Kier alpha value is -0.680. The Bertz CT molecular complexity index is 418. The zero-order valence-electron chi connectivity index (χ0n) is 10.2. The highest BCUT2D eigenvalue weighted by Crippen LogP contribution is 2.31. The fourth-order valence-corrected chi connectivity index (χ4v) is 2.04. The first-order valence-electron chi connectivity index (χ1n) is 5.77. The number of hydrogen-bond acceptors (Lipinski definition) is 1. The van der Waals surface area contributed by atoms with Crippen molar-refractivity contribution in [3.8, 4) is 11.8 Å². The van der Waals surface area contributed by atoms with Gasteiger partial charge in [-0.1, -0.05) is 42.3 Å². The molecule has 1 aromatic carbocycles. The van der Waals surface area contributed by atoms with Gasteiger partial charge < -0.3 is 5.32 Å². The molecule has 0 aliphatic carbocycles. The van der Waals surface area contributed by atoms with Crippen LogP contribution >= 0.6 is 23.2 Å². The van der Waals surface area contributed by atoms with Gasteiger partial charge in [0, 0.05) is 12.5 Å². The van der Waals surface area contributed by atoms with Gasteiger partial charge in [0.15, 0.2) is 0 Å². The number of rotatable bonds is 5. The van der Waals surface area contributed by atoms with Gasteiger partial charge in [-0.25, -0.2) is 0 Å². The third kappa shape index (κ3) is 4.24. The molecule has 0 amide bonds. The summed E-state index contributed by atoms with van der Waals surface area (Å²) < 4.78 is 0. The van der Waals surface area contributed by atoms with E-state index in [1.807, 2.05) is 19.1 Å². The van der Waals surface area contributed by atoms with E-state index >= 15 is 0 Å². The quantitative estimate of drug-likeness (QED) is 0.779. The van der Waals surface area contributed by atoms with Gasteiger partial charge in [-0.2, -0.15) is 0 Å². The van der Waals surface area contributed by atoms with Crippen molar-refractivity contribution in [2.45, 2.75) is 32.7 Å². The maximum absolute atomic E-state index is 6.23. The molecule has 3 heteroatoms. The first-order valence-corrected chi connectivity index (χ1v) is 6.53. The smallest absolute Gasteiger partial charge is 0.0640 e. The van der Waals surface area contributed by atoms with Crippen molar-refractivity contribution in [1.29, 1.82) is 0 Å². The molecule has 92 valence electrons. The summed E-state index contributed by atoms with van der Waals surface area (Å²) in [6.45, 7) is 4.92. The molecule has 0 saturated carbocycles. The van der Waals surface area contributed by atoms with Gasteiger partial charge in [0.1, 0.15) is 0 Å². The predicted molar refractivity (Wildman–Crippen MR) is 75.6 cm³/mol. The van der Waals surface area contributed by atoms with Gasteiger partial charge in [0.25, 0.3) is 0 Å². The predicted octanol–water partition coefficient (Wildman–Crippen LogP) is 4.45. The minimum Gasteiger partial charge on any atom is -0.309 e. The monoisotopic (exact) mass is 269 g/mol. The molecule has 1 N–H and O–H groups in total. The van der Waals surface area contributed by atoms with E-state index in [0.717, 1.165) is 24.9 Å². The molecule has 0 heterocycles. The molecule has 1 nitrogen and oxygen atoms in total. The van der Waals surface area contributed by atoms with Crippen LogP contribution < -0.4 is 5.32 Å². The average molecular weight is 270 g/mol. The van der Waals surface area contributed by atoms with E-state index in [9.17, 15) is 0 Å². The standard InChI is InChI=1S/C14H17Cl2N/c1-3-5-9-13(17-10-4-2)11-7-6-8-12(15)14(11)16/h6-8,13,17H,4,9-10H2,1-2H3. The second-order valence-electron chi connectivity index (χ2n) is 3.78. The molecule has 0 bridgehead atoms. The molecule has 0 aromatic heterocycles. The molecular formula is C14H17Cl2N. The first kappa shape index (κ1) is 14.4. The fraction of sp³-hybridized carbons (Fsp3) is 0.429. The first-order chi connectivity index (χ1) is 8.20. The average Bonchev–Trinajstić information content (AvgIpc) is 2.34. The van der Waals surface area contributed by atoms with Crippen molar-refractivity contribution in [3.05, 3.63) is 33.8 Å². The second kappa shape index (κ2) is 7.61. The Morgan fingerprint density at radius 1 is 1.35 bits per heavy atom. The number of nitrogens with one attached hydrogen (secondary N) is 1. The van der Waals surface area contributed by atoms with Crippen molar-refractivity contribution in [3.63, 3.8) is 0 Å². The van der Waals surface area contributed by atoms with Crippen LogP contribution in [-0.4, -0.2) is 6.54 Å².